The fourth-order valence-electron chi connectivity index (χ4n) is 8.58. The molecule has 59 heavy (non-hydrogen) atoms. The van der Waals surface area contributed by atoms with Gasteiger partial charge in [-0.05, 0) is 100 Å². The average Bonchev–Trinajstić information content (AvgIpc) is 3.84. The summed E-state index contributed by atoms with van der Waals surface area (Å²) in [5.41, 5.74) is 11.7. The van der Waals surface area contributed by atoms with Gasteiger partial charge in [0.15, 0.2) is 5.82 Å². The number of rotatable bonds is 7. The van der Waals surface area contributed by atoms with E-state index in [9.17, 15) is 4.39 Å². The Morgan fingerprint density at radius 1 is 0.407 bits per heavy atom. The molecule has 280 valence electrons. The van der Waals surface area contributed by atoms with Crippen LogP contribution < -0.4 is 4.90 Å². The van der Waals surface area contributed by atoms with Crippen molar-refractivity contribution in [3.8, 4) is 39.1 Å². The SMILES string of the molecule is Fc1cc(F)c2c(c1)c1ccccc1n2-c1cccc(-c2cccc(N(c3ccc(-c4ccccc4)cc3)c3ccc(-c4cccc5c4sc4ccccc45)cc3)c2)c1. The van der Waals surface area contributed by atoms with E-state index in [-0.39, 0.29) is 0 Å². The van der Waals surface area contributed by atoms with Gasteiger partial charge in [0.25, 0.3) is 0 Å². The van der Waals surface area contributed by atoms with E-state index in [0.717, 1.165) is 56.4 Å². The van der Waals surface area contributed by atoms with Crippen molar-refractivity contribution in [2.24, 2.45) is 0 Å². The van der Waals surface area contributed by atoms with Gasteiger partial charge in [0.05, 0.1) is 11.0 Å². The minimum atomic E-state index is -0.593. The molecule has 0 aliphatic heterocycles. The zero-order chi connectivity index (χ0) is 39.5. The highest BCUT2D eigenvalue weighted by Gasteiger charge is 2.19. The quantitative estimate of drug-likeness (QED) is 0.156. The monoisotopic (exact) mass is 780 g/mol. The number of para-hydroxylation sites is 1. The summed E-state index contributed by atoms with van der Waals surface area (Å²) in [6, 6.07) is 70.0. The Labute approximate surface area is 344 Å². The summed E-state index contributed by atoms with van der Waals surface area (Å²) in [4.78, 5) is 2.29. The van der Waals surface area contributed by atoms with Gasteiger partial charge in [0.1, 0.15) is 5.82 Å². The summed E-state index contributed by atoms with van der Waals surface area (Å²) in [5, 5.41) is 3.92. The molecule has 0 atom stereocenters. The molecule has 0 unspecified atom stereocenters. The number of nitrogens with zero attached hydrogens (tertiary/aromatic N) is 2. The number of anilines is 3. The topological polar surface area (TPSA) is 8.17 Å². The minimum Gasteiger partial charge on any atom is -0.310 e. The third kappa shape index (κ3) is 6.06. The van der Waals surface area contributed by atoms with Gasteiger partial charge < -0.3 is 9.47 Å². The van der Waals surface area contributed by atoms with Crippen molar-refractivity contribution in [2.45, 2.75) is 0 Å². The molecule has 0 N–H and O–H groups in total. The van der Waals surface area contributed by atoms with Gasteiger partial charge >= 0.3 is 0 Å². The molecule has 0 spiro atoms. The summed E-state index contributed by atoms with van der Waals surface area (Å²) in [6.07, 6.45) is 0. The van der Waals surface area contributed by atoms with Crippen LogP contribution in [0.4, 0.5) is 25.8 Å². The van der Waals surface area contributed by atoms with Crippen molar-refractivity contribution in [1.29, 1.82) is 0 Å². The van der Waals surface area contributed by atoms with Crippen molar-refractivity contribution < 1.29 is 8.78 Å². The number of fused-ring (bicyclic) bond motifs is 6. The second-order valence-electron chi connectivity index (χ2n) is 14.8. The summed E-state index contributed by atoms with van der Waals surface area (Å²) < 4.78 is 34.6. The van der Waals surface area contributed by atoms with Gasteiger partial charge in [-0.1, -0.05) is 133 Å². The Hall–Kier alpha value is -7.34. The van der Waals surface area contributed by atoms with Crippen LogP contribution in [0.5, 0.6) is 0 Å². The molecule has 0 aliphatic rings. The highest BCUT2D eigenvalue weighted by Crippen LogP contribution is 2.43. The highest BCUT2D eigenvalue weighted by molar-refractivity contribution is 7.26. The van der Waals surface area contributed by atoms with Crippen LogP contribution in [0.3, 0.4) is 0 Å². The third-order valence-electron chi connectivity index (χ3n) is 11.3. The molecule has 11 aromatic rings. The second kappa shape index (κ2) is 14.2. The van der Waals surface area contributed by atoms with Gasteiger partial charge in [0, 0.05) is 59.8 Å². The van der Waals surface area contributed by atoms with E-state index in [4.69, 9.17) is 0 Å². The molecule has 5 heteroatoms. The fraction of sp³-hybridized carbons (Fsp3) is 0. The first-order valence-electron chi connectivity index (χ1n) is 19.6. The van der Waals surface area contributed by atoms with E-state index in [1.54, 1.807) is 0 Å². The van der Waals surface area contributed by atoms with E-state index in [2.05, 4.69) is 157 Å². The number of halogens is 2. The summed E-state index contributed by atoms with van der Waals surface area (Å²) >= 11 is 1.84. The number of hydrogen-bond acceptors (Lipinski definition) is 2. The number of benzene rings is 9. The smallest absolute Gasteiger partial charge is 0.150 e. The Morgan fingerprint density at radius 3 is 1.81 bits per heavy atom. The van der Waals surface area contributed by atoms with Crippen LogP contribution in [0, 0.1) is 11.6 Å². The van der Waals surface area contributed by atoms with Gasteiger partial charge in [-0.3, -0.25) is 0 Å². The predicted octanol–water partition coefficient (Wildman–Crippen LogP) is 15.9. The van der Waals surface area contributed by atoms with Crippen LogP contribution in [0.15, 0.2) is 206 Å². The molecule has 11 rings (SSSR count). The first-order valence-corrected chi connectivity index (χ1v) is 20.4. The van der Waals surface area contributed by atoms with Gasteiger partial charge in [-0.2, -0.15) is 0 Å². The standard InChI is InChI=1S/C54H34F2N2S/c55-40-33-49-46-17-4-6-21-51(46)58(53(49)50(56)34-40)44-16-9-14-39(32-44)38-13-8-15-43(31-38)57(41-27-23-36(24-28-41)35-11-2-1-3-12-35)42-29-25-37(26-30-42)45-19-10-20-48-47-18-5-7-22-52(47)59-54(45)48/h1-34H. The van der Waals surface area contributed by atoms with Crippen LogP contribution >= 0.6 is 11.3 Å². The molecule has 0 amide bonds. The average molecular weight is 781 g/mol. The van der Waals surface area contributed by atoms with Gasteiger partial charge in [-0.25, -0.2) is 8.78 Å². The fourth-order valence-corrected chi connectivity index (χ4v) is 9.82. The van der Waals surface area contributed by atoms with Crippen LogP contribution in [0.25, 0.3) is 81.0 Å². The Balaban J connectivity index is 1.02. The van der Waals surface area contributed by atoms with Crippen LogP contribution in [-0.4, -0.2) is 4.57 Å². The molecule has 0 saturated carbocycles. The van der Waals surface area contributed by atoms with Gasteiger partial charge in [-0.15, -0.1) is 11.3 Å². The molecular formula is C54H34F2N2S. The number of aromatic nitrogens is 1. The van der Waals surface area contributed by atoms with Crippen molar-refractivity contribution in [2.75, 3.05) is 4.90 Å². The lowest BCUT2D eigenvalue weighted by Crippen LogP contribution is -2.10. The van der Waals surface area contributed by atoms with Crippen molar-refractivity contribution in [3.63, 3.8) is 0 Å². The molecule has 9 aromatic carbocycles. The highest BCUT2D eigenvalue weighted by atomic mass is 32.1. The van der Waals surface area contributed by atoms with E-state index in [0.29, 0.717) is 10.9 Å². The molecule has 2 nitrogen and oxygen atoms in total. The van der Waals surface area contributed by atoms with Gasteiger partial charge in [0.2, 0.25) is 0 Å². The second-order valence-corrected chi connectivity index (χ2v) is 15.9. The molecule has 0 radical (unpaired) electrons. The van der Waals surface area contributed by atoms with Crippen molar-refractivity contribution in [3.05, 3.63) is 218 Å². The Morgan fingerprint density at radius 2 is 1.02 bits per heavy atom. The normalized spacial score (nSPS) is 11.6. The van der Waals surface area contributed by atoms with Crippen LogP contribution in [0.1, 0.15) is 0 Å². The first kappa shape index (κ1) is 34.9. The lowest BCUT2D eigenvalue weighted by molar-refractivity contribution is 0.590. The summed E-state index contributed by atoms with van der Waals surface area (Å²) in [5.74, 6) is -1.19. The molecule has 0 fully saturated rings. The van der Waals surface area contributed by atoms with E-state index in [1.807, 2.05) is 58.4 Å². The predicted molar refractivity (Wildman–Crippen MR) is 245 cm³/mol. The largest absolute Gasteiger partial charge is 0.310 e. The maximum absolute atomic E-state index is 15.6. The zero-order valence-electron chi connectivity index (χ0n) is 31.7. The number of thiophene rings is 1. The van der Waals surface area contributed by atoms with Crippen LogP contribution in [-0.2, 0) is 0 Å². The maximum Gasteiger partial charge on any atom is 0.150 e. The minimum absolute atomic E-state index is 0.357. The summed E-state index contributed by atoms with van der Waals surface area (Å²) in [6.45, 7) is 0. The Kier molecular flexibility index (Phi) is 8.42. The molecule has 0 bridgehead atoms. The molecule has 2 heterocycles. The molecule has 0 saturated heterocycles. The molecule has 2 aromatic heterocycles. The maximum atomic E-state index is 15.6. The third-order valence-corrected chi connectivity index (χ3v) is 12.5. The first-order chi connectivity index (χ1) is 29.1. The molecular weight excluding hydrogens is 747 g/mol. The lowest BCUT2D eigenvalue weighted by atomic mass is 10.0. The van der Waals surface area contributed by atoms with Crippen molar-refractivity contribution >= 4 is 70.4 Å². The summed E-state index contributed by atoms with van der Waals surface area (Å²) in [7, 11) is 0. The Bertz CT molecular complexity index is 3350. The van der Waals surface area contributed by atoms with E-state index < -0.39 is 11.6 Å². The zero-order valence-corrected chi connectivity index (χ0v) is 32.5. The van der Waals surface area contributed by atoms with Crippen LogP contribution in [0.2, 0.25) is 0 Å². The van der Waals surface area contributed by atoms with E-state index in [1.165, 1.54) is 42.9 Å². The molecule has 0 aliphatic carbocycles. The lowest BCUT2D eigenvalue weighted by Gasteiger charge is -2.26. The van der Waals surface area contributed by atoms with E-state index >= 15 is 4.39 Å². The number of hydrogen-bond donors (Lipinski definition) is 0. The van der Waals surface area contributed by atoms with Crippen molar-refractivity contribution in [1.82, 2.24) is 4.57 Å².